The van der Waals surface area contributed by atoms with Gasteiger partial charge in [0.2, 0.25) is 0 Å². The normalized spacial score (nSPS) is 9.80. The van der Waals surface area contributed by atoms with Crippen LogP contribution in [0.15, 0.2) is 54.6 Å². The van der Waals surface area contributed by atoms with Crippen LogP contribution in [-0.2, 0) is 4.99 Å². The molecule has 2 aromatic carbocycles. The van der Waals surface area contributed by atoms with Crippen molar-refractivity contribution in [3.05, 3.63) is 65.7 Å². The van der Waals surface area contributed by atoms with Crippen LogP contribution >= 0.6 is 0 Å². The van der Waals surface area contributed by atoms with E-state index in [1.54, 1.807) is 30.3 Å². The third kappa shape index (κ3) is 3.56. The Morgan fingerprint density at radius 1 is 0.900 bits per heavy atom. The first-order valence-electron chi connectivity index (χ1n) is 5.69. The Morgan fingerprint density at radius 2 is 1.55 bits per heavy atom. The zero-order valence-electron chi connectivity index (χ0n) is 10.3. The highest BCUT2D eigenvalue weighted by Gasteiger charge is 2.06. The predicted octanol–water partition coefficient (Wildman–Crippen LogP) is 2.04. The van der Waals surface area contributed by atoms with Crippen molar-refractivity contribution in [2.75, 3.05) is 0 Å². The van der Waals surface area contributed by atoms with Gasteiger partial charge >= 0.3 is 5.97 Å². The van der Waals surface area contributed by atoms with Crippen molar-refractivity contribution in [1.82, 2.24) is 5.48 Å². The minimum absolute atomic E-state index is 0.130. The average Bonchev–Trinajstić information content (AvgIpc) is 2.48. The molecule has 6 nitrogen and oxygen atoms in total. The summed E-state index contributed by atoms with van der Waals surface area (Å²) >= 11 is 0. The maximum Gasteiger partial charge on any atom is 0.335 e. The Kier molecular flexibility index (Phi) is 4.31. The van der Waals surface area contributed by atoms with E-state index in [1.165, 1.54) is 24.3 Å². The summed E-state index contributed by atoms with van der Waals surface area (Å²) in [4.78, 5) is 31.6. The second-order valence-corrected chi connectivity index (χ2v) is 3.79. The van der Waals surface area contributed by atoms with E-state index in [4.69, 9.17) is 9.99 Å². The summed E-state index contributed by atoms with van der Waals surface area (Å²) < 4.78 is 0. The zero-order chi connectivity index (χ0) is 14.4. The van der Waals surface area contributed by atoms with Gasteiger partial charge in [-0.1, -0.05) is 23.2 Å². The number of aromatic carboxylic acids is 1. The first kappa shape index (κ1) is 13.6. The molecule has 0 radical (unpaired) electrons. The number of carbonyl (C=O) groups is 2. The third-order valence-electron chi connectivity index (χ3n) is 2.41. The molecule has 2 rings (SSSR count). The maximum atomic E-state index is 11.6. The summed E-state index contributed by atoms with van der Waals surface area (Å²) in [6, 6.07) is 14.0. The molecule has 0 saturated heterocycles. The lowest BCUT2D eigenvalue weighted by Crippen LogP contribution is -2.25. The number of benzene rings is 2. The molecule has 0 unspecified atom stereocenters. The molecule has 6 heteroatoms. The van der Waals surface area contributed by atoms with Gasteiger partial charge in [0.15, 0.2) is 5.75 Å². The summed E-state index contributed by atoms with van der Waals surface area (Å²) in [7, 11) is 0. The summed E-state index contributed by atoms with van der Waals surface area (Å²) in [5, 5.41) is 8.72. The van der Waals surface area contributed by atoms with Crippen molar-refractivity contribution < 1.29 is 24.6 Å². The highest BCUT2D eigenvalue weighted by molar-refractivity contribution is 5.93. The number of hydroxylamine groups is 1. The SMILES string of the molecule is O=C(O)c1ccc(OONC(=O)c2ccccc2)cc1. The van der Waals surface area contributed by atoms with E-state index in [1.807, 2.05) is 0 Å². The fourth-order valence-electron chi connectivity index (χ4n) is 1.41. The number of carboxylic acid groups (broad SMARTS) is 1. The van der Waals surface area contributed by atoms with Crippen LogP contribution in [0.3, 0.4) is 0 Å². The van der Waals surface area contributed by atoms with Gasteiger partial charge in [-0.25, -0.2) is 4.79 Å². The minimum Gasteiger partial charge on any atom is -0.478 e. The van der Waals surface area contributed by atoms with Gasteiger partial charge in [0.05, 0.1) is 5.56 Å². The van der Waals surface area contributed by atoms with Crippen molar-refractivity contribution >= 4 is 11.9 Å². The number of amides is 1. The Morgan fingerprint density at radius 3 is 2.15 bits per heavy atom. The lowest BCUT2D eigenvalue weighted by atomic mass is 10.2. The van der Waals surface area contributed by atoms with E-state index in [9.17, 15) is 9.59 Å². The van der Waals surface area contributed by atoms with Crippen LogP contribution in [0.4, 0.5) is 0 Å². The van der Waals surface area contributed by atoms with Gasteiger partial charge in [-0.15, -0.1) is 0 Å². The van der Waals surface area contributed by atoms with Crippen LogP contribution in [0.5, 0.6) is 5.75 Å². The molecule has 2 aromatic rings. The second-order valence-electron chi connectivity index (χ2n) is 3.79. The summed E-state index contributed by atoms with van der Waals surface area (Å²) in [6.45, 7) is 0. The molecule has 1 amide bonds. The fourth-order valence-corrected chi connectivity index (χ4v) is 1.41. The van der Waals surface area contributed by atoms with E-state index in [2.05, 4.69) is 10.5 Å². The molecular weight excluding hydrogens is 262 g/mol. The van der Waals surface area contributed by atoms with Crippen LogP contribution < -0.4 is 10.4 Å². The van der Waals surface area contributed by atoms with Crippen LogP contribution in [0.2, 0.25) is 0 Å². The first-order valence-corrected chi connectivity index (χ1v) is 5.69. The maximum absolute atomic E-state index is 11.6. The average molecular weight is 273 g/mol. The predicted molar refractivity (Wildman–Crippen MR) is 69.0 cm³/mol. The quantitative estimate of drug-likeness (QED) is 0.643. The molecule has 20 heavy (non-hydrogen) atoms. The molecule has 0 heterocycles. The second kappa shape index (κ2) is 6.35. The Bertz CT molecular complexity index is 595. The standard InChI is InChI=1S/C14H11NO5/c16-13(10-4-2-1-3-5-10)15-20-19-12-8-6-11(7-9-12)14(17)18/h1-9H,(H,15,16)(H,17,18). The van der Waals surface area contributed by atoms with E-state index >= 15 is 0 Å². The molecule has 0 aromatic heterocycles. The number of nitrogens with one attached hydrogen (secondary N) is 1. The Labute approximate surface area is 114 Å². The van der Waals surface area contributed by atoms with Crippen molar-refractivity contribution in [3.63, 3.8) is 0 Å². The van der Waals surface area contributed by atoms with Gasteiger partial charge in [-0.2, -0.15) is 5.48 Å². The van der Waals surface area contributed by atoms with E-state index < -0.39 is 11.9 Å². The first-order chi connectivity index (χ1) is 9.66. The smallest absolute Gasteiger partial charge is 0.335 e. The number of carboxylic acids is 1. The van der Waals surface area contributed by atoms with E-state index in [0.29, 0.717) is 5.56 Å². The third-order valence-corrected chi connectivity index (χ3v) is 2.41. The van der Waals surface area contributed by atoms with Crippen molar-refractivity contribution in [3.8, 4) is 5.75 Å². The van der Waals surface area contributed by atoms with Crippen LogP contribution in [0.1, 0.15) is 20.7 Å². The summed E-state index contributed by atoms with van der Waals surface area (Å²) in [6.07, 6.45) is 0. The Hall–Kier alpha value is -2.86. The molecule has 0 aliphatic carbocycles. The largest absolute Gasteiger partial charge is 0.478 e. The topological polar surface area (TPSA) is 84.9 Å². The number of carbonyl (C=O) groups excluding carboxylic acids is 1. The minimum atomic E-state index is -1.03. The Balaban J connectivity index is 1.84. The monoisotopic (exact) mass is 273 g/mol. The summed E-state index contributed by atoms with van der Waals surface area (Å²) in [5.74, 6) is -1.22. The molecular formula is C14H11NO5. The molecule has 0 aliphatic heterocycles. The highest BCUT2D eigenvalue weighted by Crippen LogP contribution is 2.12. The van der Waals surface area contributed by atoms with Crippen LogP contribution in [-0.4, -0.2) is 17.0 Å². The molecule has 0 atom stereocenters. The van der Waals surface area contributed by atoms with Gasteiger partial charge in [-0.3, -0.25) is 4.79 Å². The molecule has 0 aliphatic rings. The van der Waals surface area contributed by atoms with Crippen molar-refractivity contribution in [1.29, 1.82) is 0 Å². The van der Waals surface area contributed by atoms with Crippen LogP contribution in [0.25, 0.3) is 0 Å². The lowest BCUT2D eigenvalue weighted by molar-refractivity contribution is -0.243. The van der Waals surface area contributed by atoms with Crippen molar-refractivity contribution in [2.24, 2.45) is 0 Å². The van der Waals surface area contributed by atoms with Gasteiger partial charge in [0.25, 0.3) is 5.91 Å². The molecule has 0 fully saturated rings. The summed E-state index contributed by atoms with van der Waals surface area (Å²) in [5.41, 5.74) is 2.67. The van der Waals surface area contributed by atoms with E-state index in [-0.39, 0.29) is 11.3 Å². The van der Waals surface area contributed by atoms with Gasteiger partial charge in [0.1, 0.15) is 0 Å². The molecule has 2 N–H and O–H groups in total. The fraction of sp³-hybridized carbons (Fsp3) is 0. The molecule has 0 bridgehead atoms. The van der Waals surface area contributed by atoms with Crippen LogP contribution in [0, 0.1) is 0 Å². The molecule has 0 spiro atoms. The number of hydrogen-bond acceptors (Lipinski definition) is 4. The lowest BCUT2D eigenvalue weighted by Gasteiger charge is -2.05. The number of hydrogen-bond donors (Lipinski definition) is 2. The van der Waals surface area contributed by atoms with Crippen molar-refractivity contribution in [2.45, 2.75) is 0 Å². The van der Waals surface area contributed by atoms with Gasteiger partial charge in [-0.05, 0) is 36.4 Å². The highest BCUT2D eigenvalue weighted by atomic mass is 17.3. The van der Waals surface area contributed by atoms with E-state index in [0.717, 1.165) is 0 Å². The molecule has 0 saturated carbocycles. The number of rotatable bonds is 5. The molecule has 102 valence electrons. The van der Waals surface area contributed by atoms with Gasteiger partial charge < -0.3 is 9.99 Å². The van der Waals surface area contributed by atoms with Gasteiger partial charge in [0, 0.05) is 5.56 Å². The zero-order valence-corrected chi connectivity index (χ0v) is 10.3.